The Morgan fingerprint density at radius 3 is 2.32 bits per heavy atom. The third kappa shape index (κ3) is 4.36. The SMILES string of the molecule is C[C@]1(NC(=O)c2ccc(OC(F)(F)F)cc2)CCS(=O)(=O)C1. The number of amides is 1. The highest BCUT2D eigenvalue weighted by Gasteiger charge is 2.39. The molecule has 22 heavy (non-hydrogen) atoms. The minimum atomic E-state index is -4.80. The van der Waals surface area contributed by atoms with Gasteiger partial charge in [0, 0.05) is 5.56 Å². The molecule has 1 amide bonds. The number of carbonyl (C=O) groups is 1. The Hall–Kier alpha value is -1.77. The van der Waals surface area contributed by atoms with Crippen molar-refractivity contribution in [2.45, 2.75) is 25.2 Å². The van der Waals surface area contributed by atoms with Crippen molar-refractivity contribution in [3.8, 4) is 5.75 Å². The van der Waals surface area contributed by atoms with Crippen molar-refractivity contribution in [1.82, 2.24) is 5.32 Å². The van der Waals surface area contributed by atoms with Crippen LogP contribution in [-0.4, -0.2) is 37.7 Å². The third-order valence-electron chi connectivity index (χ3n) is 3.27. The van der Waals surface area contributed by atoms with Gasteiger partial charge in [-0.15, -0.1) is 13.2 Å². The molecule has 0 bridgehead atoms. The zero-order valence-electron chi connectivity index (χ0n) is 11.6. The molecule has 9 heteroatoms. The highest BCUT2D eigenvalue weighted by atomic mass is 32.2. The van der Waals surface area contributed by atoms with Gasteiger partial charge in [-0.1, -0.05) is 0 Å². The van der Waals surface area contributed by atoms with Crippen molar-refractivity contribution >= 4 is 15.7 Å². The second kappa shape index (κ2) is 5.45. The minimum absolute atomic E-state index is 0.00212. The Bertz CT molecular complexity index is 670. The van der Waals surface area contributed by atoms with Crippen LogP contribution in [-0.2, 0) is 9.84 Å². The summed E-state index contributed by atoms with van der Waals surface area (Å²) in [6.45, 7) is 1.62. The Morgan fingerprint density at radius 1 is 1.27 bits per heavy atom. The zero-order valence-corrected chi connectivity index (χ0v) is 12.4. The predicted octanol–water partition coefficient (Wildman–Crippen LogP) is 1.89. The van der Waals surface area contributed by atoms with Crippen molar-refractivity contribution < 1.29 is 31.1 Å². The topological polar surface area (TPSA) is 72.5 Å². The normalized spacial score (nSPS) is 24.0. The van der Waals surface area contributed by atoms with Gasteiger partial charge in [0.1, 0.15) is 5.75 Å². The van der Waals surface area contributed by atoms with Crippen LogP contribution in [0.1, 0.15) is 23.7 Å². The fourth-order valence-electron chi connectivity index (χ4n) is 2.26. The summed E-state index contributed by atoms with van der Waals surface area (Å²) in [4.78, 5) is 12.0. The molecule has 2 rings (SSSR count). The van der Waals surface area contributed by atoms with E-state index in [4.69, 9.17) is 0 Å². The van der Waals surface area contributed by atoms with E-state index in [0.29, 0.717) is 6.42 Å². The first-order valence-electron chi connectivity index (χ1n) is 6.37. The molecule has 0 aliphatic carbocycles. The standard InChI is InChI=1S/C13H14F3NO4S/c1-12(6-7-22(19,20)8-12)17-11(18)9-2-4-10(5-3-9)21-13(14,15)16/h2-5H,6-8H2,1H3,(H,17,18)/t12-/m0/s1. The molecule has 0 saturated carbocycles. The van der Waals surface area contributed by atoms with Gasteiger partial charge in [0.2, 0.25) is 0 Å². The molecule has 1 saturated heterocycles. The van der Waals surface area contributed by atoms with Gasteiger partial charge in [-0.25, -0.2) is 8.42 Å². The number of hydrogen-bond acceptors (Lipinski definition) is 4. The number of alkyl halides is 3. The van der Waals surface area contributed by atoms with Crippen molar-refractivity contribution in [1.29, 1.82) is 0 Å². The molecule has 1 aliphatic rings. The van der Waals surface area contributed by atoms with Crippen molar-refractivity contribution in [3.05, 3.63) is 29.8 Å². The summed E-state index contributed by atoms with van der Waals surface area (Å²) in [6, 6.07) is 4.42. The molecule has 5 nitrogen and oxygen atoms in total. The average molecular weight is 337 g/mol. The number of benzene rings is 1. The maximum Gasteiger partial charge on any atom is 0.573 e. The predicted molar refractivity (Wildman–Crippen MR) is 72.3 cm³/mol. The second-order valence-electron chi connectivity index (χ2n) is 5.43. The molecule has 0 spiro atoms. The lowest BCUT2D eigenvalue weighted by molar-refractivity contribution is -0.274. The number of rotatable bonds is 3. The number of ether oxygens (including phenoxy) is 1. The largest absolute Gasteiger partial charge is 0.573 e. The van der Waals surface area contributed by atoms with Gasteiger partial charge in [0.15, 0.2) is 9.84 Å². The Labute approximate surface area is 125 Å². The van der Waals surface area contributed by atoms with E-state index in [0.717, 1.165) is 12.1 Å². The van der Waals surface area contributed by atoms with Gasteiger partial charge in [-0.05, 0) is 37.6 Å². The third-order valence-corrected chi connectivity index (χ3v) is 5.17. The van der Waals surface area contributed by atoms with Gasteiger partial charge < -0.3 is 10.1 Å². The van der Waals surface area contributed by atoms with Crippen molar-refractivity contribution in [2.24, 2.45) is 0 Å². The summed E-state index contributed by atoms with van der Waals surface area (Å²) < 4.78 is 62.7. The summed E-state index contributed by atoms with van der Waals surface area (Å²) >= 11 is 0. The molecular formula is C13H14F3NO4S. The van der Waals surface area contributed by atoms with E-state index in [1.807, 2.05) is 0 Å². The maximum atomic E-state index is 12.0. The van der Waals surface area contributed by atoms with Crippen LogP contribution >= 0.6 is 0 Å². The fraction of sp³-hybridized carbons (Fsp3) is 0.462. The van der Waals surface area contributed by atoms with E-state index >= 15 is 0 Å². The van der Waals surface area contributed by atoms with Crippen LogP contribution in [0.4, 0.5) is 13.2 Å². The van der Waals surface area contributed by atoms with E-state index < -0.39 is 33.4 Å². The fourth-order valence-corrected chi connectivity index (χ4v) is 4.36. The summed E-state index contributed by atoms with van der Waals surface area (Å²) in [6.07, 6.45) is -4.49. The summed E-state index contributed by atoms with van der Waals surface area (Å²) in [5, 5.41) is 2.61. The Morgan fingerprint density at radius 2 is 1.86 bits per heavy atom. The molecule has 0 radical (unpaired) electrons. The van der Waals surface area contributed by atoms with Crippen LogP contribution in [0.15, 0.2) is 24.3 Å². The first kappa shape index (κ1) is 16.6. The quantitative estimate of drug-likeness (QED) is 0.914. The number of halogens is 3. The van der Waals surface area contributed by atoms with Crippen LogP contribution in [0.3, 0.4) is 0 Å². The number of hydrogen-bond donors (Lipinski definition) is 1. The van der Waals surface area contributed by atoms with E-state index in [1.165, 1.54) is 12.1 Å². The summed E-state index contributed by atoms with van der Waals surface area (Å²) in [7, 11) is -3.17. The number of carbonyl (C=O) groups excluding carboxylic acids is 1. The molecule has 0 unspecified atom stereocenters. The highest BCUT2D eigenvalue weighted by molar-refractivity contribution is 7.91. The summed E-state index contributed by atoms with van der Waals surface area (Å²) in [5.41, 5.74) is -0.739. The molecular weight excluding hydrogens is 323 g/mol. The molecule has 1 aromatic carbocycles. The maximum absolute atomic E-state index is 12.0. The van der Waals surface area contributed by atoms with E-state index in [-0.39, 0.29) is 17.1 Å². The molecule has 0 aromatic heterocycles. The van der Waals surface area contributed by atoms with Gasteiger partial charge in [-0.2, -0.15) is 0 Å². The first-order chi connectivity index (χ1) is 9.98. The minimum Gasteiger partial charge on any atom is -0.406 e. The monoisotopic (exact) mass is 337 g/mol. The number of nitrogens with one attached hydrogen (secondary N) is 1. The molecule has 1 atom stereocenters. The van der Waals surface area contributed by atoms with Gasteiger partial charge in [0.05, 0.1) is 17.0 Å². The van der Waals surface area contributed by atoms with Crippen LogP contribution < -0.4 is 10.1 Å². The molecule has 1 aromatic rings. The zero-order chi connectivity index (χ0) is 16.6. The molecule has 1 heterocycles. The van der Waals surface area contributed by atoms with Gasteiger partial charge in [-0.3, -0.25) is 4.79 Å². The lowest BCUT2D eigenvalue weighted by atomic mass is 10.0. The number of sulfone groups is 1. The van der Waals surface area contributed by atoms with Crippen molar-refractivity contribution in [2.75, 3.05) is 11.5 Å². The average Bonchev–Trinajstić information content (AvgIpc) is 2.62. The lowest BCUT2D eigenvalue weighted by Gasteiger charge is -2.23. The first-order valence-corrected chi connectivity index (χ1v) is 8.19. The highest BCUT2D eigenvalue weighted by Crippen LogP contribution is 2.25. The smallest absolute Gasteiger partial charge is 0.406 e. The summed E-state index contributed by atoms with van der Waals surface area (Å²) in [5.74, 6) is -1.12. The van der Waals surface area contributed by atoms with Gasteiger partial charge >= 0.3 is 6.36 Å². The van der Waals surface area contributed by atoms with E-state index in [1.54, 1.807) is 6.92 Å². The molecule has 122 valence electrons. The van der Waals surface area contributed by atoms with Crippen LogP contribution in [0, 0.1) is 0 Å². The molecule has 1 aliphatic heterocycles. The molecule has 1 fully saturated rings. The van der Waals surface area contributed by atoms with Crippen LogP contribution in [0.2, 0.25) is 0 Å². The van der Waals surface area contributed by atoms with Crippen LogP contribution in [0.5, 0.6) is 5.75 Å². The van der Waals surface area contributed by atoms with Crippen molar-refractivity contribution in [3.63, 3.8) is 0 Å². The van der Waals surface area contributed by atoms with Crippen LogP contribution in [0.25, 0.3) is 0 Å². The van der Waals surface area contributed by atoms with E-state index in [2.05, 4.69) is 10.1 Å². The lowest BCUT2D eigenvalue weighted by Crippen LogP contribution is -2.46. The van der Waals surface area contributed by atoms with Gasteiger partial charge in [0.25, 0.3) is 5.91 Å². The Kier molecular flexibility index (Phi) is 4.12. The van der Waals surface area contributed by atoms with E-state index in [9.17, 15) is 26.4 Å². The molecule has 1 N–H and O–H groups in total. The second-order valence-corrected chi connectivity index (χ2v) is 7.61. The Balaban J connectivity index is 2.05.